The molecule has 0 aliphatic heterocycles. The van der Waals surface area contributed by atoms with Crippen molar-refractivity contribution >= 4 is 11.6 Å². The number of aromatic nitrogens is 1. The zero-order valence-electron chi connectivity index (χ0n) is 15.1. The van der Waals surface area contributed by atoms with E-state index in [-0.39, 0.29) is 17.1 Å². The third-order valence-electron chi connectivity index (χ3n) is 3.95. The molecule has 0 amide bonds. The molecule has 0 aliphatic rings. The summed E-state index contributed by atoms with van der Waals surface area (Å²) in [5.41, 5.74) is 7.04. The van der Waals surface area contributed by atoms with Gasteiger partial charge in [0.1, 0.15) is 12.3 Å². The van der Waals surface area contributed by atoms with Gasteiger partial charge < -0.3 is 19.9 Å². The predicted molar refractivity (Wildman–Crippen MR) is 94.0 cm³/mol. The first-order valence-corrected chi connectivity index (χ1v) is 7.99. The normalized spacial score (nSPS) is 12.1. The molecule has 0 fully saturated rings. The number of para-hydroxylation sites is 1. The minimum atomic E-state index is -4.38. The molecule has 27 heavy (non-hydrogen) atoms. The van der Waals surface area contributed by atoms with Crippen molar-refractivity contribution in [3.05, 3.63) is 52.8 Å². The fourth-order valence-electron chi connectivity index (χ4n) is 2.65. The van der Waals surface area contributed by atoms with Crippen LogP contribution in [0.5, 0.6) is 5.75 Å². The number of carbonyl (C=O) groups is 1. The lowest BCUT2D eigenvalue weighted by Gasteiger charge is -2.12. The average Bonchev–Trinajstić information content (AvgIpc) is 2.88. The highest BCUT2D eigenvalue weighted by atomic mass is 19.4. The molecular weight excluding hydrogens is 363 g/mol. The molecule has 2 N–H and O–H groups in total. The van der Waals surface area contributed by atoms with E-state index in [9.17, 15) is 18.0 Å². The Hall–Kier alpha value is -2.97. The Bertz CT molecular complexity index is 857. The number of amidine groups is 1. The first-order valence-electron chi connectivity index (χ1n) is 7.99. The Labute approximate surface area is 154 Å². The molecule has 0 saturated carbocycles. The molecule has 0 radical (unpaired) electrons. The van der Waals surface area contributed by atoms with Gasteiger partial charge in [0.2, 0.25) is 5.78 Å². The van der Waals surface area contributed by atoms with Gasteiger partial charge in [-0.25, -0.2) is 0 Å². The van der Waals surface area contributed by atoms with Crippen LogP contribution in [0.15, 0.2) is 35.5 Å². The number of nitrogens with zero attached hydrogens (tertiary/aromatic N) is 2. The lowest BCUT2D eigenvalue weighted by molar-refractivity contribution is -0.141. The summed E-state index contributed by atoms with van der Waals surface area (Å²) in [5.74, 6) is 0.0141. The van der Waals surface area contributed by atoms with Crippen LogP contribution in [0.2, 0.25) is 0 Å². The van der Waals surface area contributed by atoms with Crippen LogP contribution in [0.4, 0.5) is 13.2 Å². The molecule has 6 nitrogen and oxygen atoms in total. The first kappa shape index (κ1) is 20.3. The number of rotatable bonds is 7. The monoisotopic (exact) mass is 383 g/mol. The van der Waals surface area contributed by atoms with Crippen molar-refractivity contribution in [1.82, 2.24) is 4.57 Å². The van der Waals surface area contributed by atoms with Crippen molar-refractivity contribution in [1.29, 1.82) is 0 Å². The van der Waals surface area contributed by atoms with E-state index in [1.165, 1.54) is 27.0 Å². The highest BCUT2D eigenvalue weighted by Crippen LogP contribution is 2.23. The molecule has 2 aromatic rings. The molecule has 1 heterocycles. The SMILES string of the molecule is COc1ccccc1/C(N)=N/OCC(=O)c1cc(C)n(CC(F)(F)F)c1C. The van der Waals surface area contributed by atoms with Crippen LogP contribution in [-0.2, 0) is 11.4 Å². The van der Waals surface area contributed by atoms with Gasteiger partial charge >= 0.3 is 6.18 Å². The van der Waals surface area contributed by atoms with Gasteiger partial charge in [-0.1, -0.05) is 17.3 Å². The Kier molecular flexibility index (Phi) is 6.14. The number of aryl methyl sites for hydroxylation is 1. The zero-order valence-corrected chi connectivity index (χ0v) is 15.1. The molecule has 146 valence electrons. The summed E-state index contributed by atoms with van der Waals surface area (Å²) in [5, 5.41) is 3.69. The van der Waals surface area contributed by atoms with Crippen LogP contribution in [0.1, 0.15) is 27.3 Å². The second-order valence-electron chi connectivity index (χ2n) is 5.86. The number of benzene rings is 1. The van der Waals surface area contributed by atoms with Crippen molar-refractivity contribution in [3.63, 3.8) is 0 Å². The van der Waals surface area contributed by atoms with Gasteiger partial charge in [0.15, 0.2) is 12.4 Å². The molecule has 0 aliphatic carbocycles. The maximum Gasteiger partial charge on any atom is 0.406 e. The van der Waals surface area contributed by atoms with E-state index in [0.29, 0.717) is 17.0 Å². The topological polar surface area (TPSA) is 78.8 Å². The number of oxime groups is 1. The van der Waals surface area contributed by atoms with Crippen LogP contribution >= 0.6 is 0 Å². The summed E-state index contributed by atoms with van der Waals surface area (Å²) >= 11 is 0. The zero-order chi connectivity index (χ0) is 20.2. The number of hydrogen-bond donors (Lipinski definition) is 1. The lowest BCUT2D eigenvalue weighted by atomic mass is 10.1. The van der Waals surface area contributed by atoms with Crippen LogP contribution in [0.3, 0.4) is 0 Å². The van der Waals surface area contributed by atoms with Crippen LogP contribution in [-0.4, -0.2) is 36.1 Å². The molecule has 2 rings (SSSR count). The van der Waals surface area contributed by atoms with E-state index < -0.39 is 25.1 Å². The van der Waals surface area contributed by atoms with Gasteiger partial charge in [-0.05, 0) is 32.0 Å². The number of halogens is 3. The van der Waals surface area contributed by atoms with E-state index in [1.807, 2.05) is 0 Å². The summed E-state index contributed by atoms with van der Waals surface area (Å²) in [6, 6.07) is 8.27. The number of alkyl halides is 3. The van der Waals surface area contributed by atoms with Gasteiger partial charge in [0.25, 0.3) is 0 Å². The number of hydrogen-bond acceptors (Lipinski definition) is 4. The molecule has 1 aromatic carbocycles. The van der Waals surface area contributed by atoms with E-state index in [1.54, 1.807) is 24.3 Å². The molecule has 1 aromatic heterocycles. The van der Waals surface area contributed by atoms with E-state index >= 15 is 0 Å². The van der Waals surface area contributed by atoms with Gasteiger partial charge in [-0.2, -0.15) is 13.2 Å². The summed E-state index contributed by atoms with van der Waals surface area (Å²) in [6.45, 7) is 1.36. The van der Waals surface area contributed by atoms with Crippen molar-refractivity contribution in [2.75, 3.05) is 13.7 Å². The number of Topliss-reactive ketones (excluding diaryl/α,β-unsaturated/α-hetero) is 1. The van der Waals surface area contributed by atoms with E-state index in [4.69, 9.17) is 15.3 Å². The highest BCUT2D eigenvalue weighted by molar-refractivity contribution is 6.00. The molecule has 0 atom stereocenters. The Balaban J connectivity index is 2.09. The second-order valence-corrected chi connectivity index (χ2v) is 5.86. The summed E-state index contributed by atoms with van der Waals surface area (Å²) < 4.78 is 44.2. The summed E-state index contributed by atoms with van der Waals surface area (Å²) in [6.07, 6.45) is -4.38. The smallest absolute Gasteiger partial charge is 0.406 e. The van der Waals surface area contributed by atoms with Crippen molar-refractivity contribution in [3.8, 4) is 5.75 Å². The quantitative estimate of drug-likeness (QED) is 0.345. The fraction of sp³-hybridized carbons (Fsp3) is 0.333. The molecule has 0 spiro atoms. The summed E-state index contributed by atoms with van der Waals surface area (Å²) in [7, 11) is 1.48. The number of methoxy groups -OCH3 is 1. The number of ketones is 1. The molecule has 9 heteroatoms. The van der Waals surface area contributed by atoms with Crippen molar-refractivity contribution in [2.45, 2.75) is 26.6 Å². The largest absolute Gasteiger partial charge is 0.496 e. The maximum atomic E-state index is 12.7. The van der Waals surface area contributed by atoms with Gasteiger partial charge in [0.05, 0.1) is 12.7 Å². The molecule has 0 bridgehead atoms. The van der Waals surface area contributed by atoms with Gasteiger partial charge in [-0.3, -0.25) is 4.79 Å². The third kappa shape index (κ3) is 5.02. The predicted octanol–water partition coefficient (Wildman–Crippen LogP) is 3.20. The van der Waals surface area contributed by atoms with Crippen LogP contribution in [0, 0.1) is 13.8 Å². The molecular formula is C18H20F3N3O3. The Morgan fingerprint density at radius 2 is 1.89 bits per heavy atom. The minimum Gasteiger partial charge on any atom is -0.496 e. The number of ether oxygens (including phenoxy) is 1. The van der Waals surface area contributed by atoms with Crippen LogP contribution in [0.25, 0.3) is 0 Å². The second kappa shape index (κ2) is 8.15. The maximum absolute atomic E-state index is 12.7. The van der Waals surface area contributed by atoms with E-state index in [0.717, 1.165) is 4.57 Å². The highest BCUT2D eigenvalue weighted by Gasteiger charge is 2.30. The fourth-order valence-corrected chi connectivity index (χ4v) is 2.65. The standard InChI is InChI=1S/C18H20F3N3O3/c1-11-8-14(12(2)24(11)10-18(19,20)21)15(25)9-27-23-17(22)13-6-4-5-7-16(13)26-3/h4-8H,9-10H2,1-3H3,(H2,22,23). The number of nitrogens with two attached hydrogens (primary N) is 1. The third-order valence-corrected chi connectivity index (χ3v) is 3.95. The Morgan fingerprint density at radius 3 is 2.52 bits per heavy atom. The average molecular weight is 383 g/mol. The molecule has 0 saturated heterocycles. The first-order chi connectivity index (χ1) is 12.6. The van der Waals surface area contributed by atoms with E-state index in [2.05, 4.69) is 5.16 Å². The Morgan fingerprint density at radius 1 is 1.22 bits per heavy atom. The summed E-state index contributed by atoms with van der Waals surface area (Å²) in [4.78, 5) is 17.3. The van der Waals surface area contributed by atoms with Gasteiger partial charge in [-0.15, -0.1) is 0 Å². The van der Waals surface area contributed by atoms with Crippen LogP contribution < -0.4 is 10.5 Å². The van der Waals surface area contributed by atoms with Crippen molar-refractivity contribution in [2.24, 2.45) is 10.9 Å². The van der Waals surface area contributed by atoms with Crippen molar-refractivity contribution < 1.29 is 27.5 Å². The van der Waals surface area contributed by atoms with Gasteiger partial charge in [0, 0.05) is 17.0 Å². The minimum absolute atomic E-state index is 0.0165. The lowest BCUT2D eigenvalue weighted by Crippen LogP contribution is -2.20. The molecule has 0 unspecified atom stereocenters. The number of carbonyl (C=O) groups excluding carboxylic acids is 1.